The van der Waals surface area contributed by atoms with Crippen LogP contribution < -0.4 is 0 Å². The number of rotatable bonds is 2. The van der Waals surface area contributed by atoms with Crippen molar-refractivity contribution in [2.75, 3.05) is 20.2 Å². The van der Waals surface area contributed by atoms with Crippen molar-refractivity contribution in [3.05, 3.63) is 22.8 Å². The summed E-state index contributed by atoms with van der Waals surface area (Å²) in [5.41, 5.74) is -0.622. The molecule has 2 aromatic rings. The van der Waals surface area contributed by atoms with E-state index in [9.17, 15) is 18.4 Å². The number of benzene rings is 1. The molecular weight excluding hydrogens is 386 g/mol. The molecule has 4 rings (SSSR count). The maximum atomic E-state index is 15.0. The van der Waals surface area contributed by atoms with E-state index in [-0.39, 0.29) is 41.0 Å². The Morgan fingerprint density at radius 3 is 2.00 bits per heavy atom. The normalized spacial score (nSPS) is 17.4. The third-order valence-electron chi connectivity index (χ3n) is 5.22. The predicted octanol–water partition coefficient (Wildman–Crippen LogP) is 2.39. The molecule has 156 valence electrons. The lowest BCUT2D eigenvalue weighted by Gasteiger charge is -2.38. The summed E-state index contributed by atoms with van der Waals surface area (Å²) in [5.74, 6) is -2.41. The van der Waals surface area contributed by atoms with E-state index in [2.05, 4.69) is 10.2 Å². The van der Waals surface area contributed by atoms with Crippen molar-refractivity contribution >= 4 is 23.1 Å². The van der Waals surface area contributed by atoms with Gasteiger partial charge in [0.05, 0.1) is 26.1 Å². The molecule has 8 nitrogen and oxygen atoms in total. The minimum atomic E-state index is -0.655. The molecule has 1 aliphatic heterocycles. The molecule has 1 saturated heterocycles. The van der Waals surface area contributed by atoms with Crippen LogP contribution >= 0.6 is 0 Å². The Labute approximate surface area is 165 Å². The van der Waals surface area contributed by atoms with Crippen LogP contribution in [0, 0.1) is 17.6 Å². The van der Waals surface area contributed by atoms with Crippen LogP contribution in [0.3, 0.4) is 0 Å². The first-order valence-corrected chi connectivity index (χ1v) is 9.40. The van der Waals surface area contributed by atoms with E-state index in [1.165, 1.54) is 16.8 Å². The molecule has 2 aliphatic rings. The summed E-state index contributed by atoms with van der Waals surface area (Å²) in [6.07, 6.45) is -0.303. The standard InChI is InChI=1S/C19H22F2N4O4/c1-19(2,3)29-18(27)24-7-10(8-24)25-22-15-13(20)11-5-9(17(26)28-4)6-12(11)14(21)16(15)23-25/h9-10H,5-8H2,1-4H3. The van der Waals surface area contributed by atoms with E-state index >= 15 is 0 Å². The monoisotopic (exact) mass is 408 g/mol. The second kappa shape index (κ2) is 6.64. The van der Waals surface area contributed by atoms with Gasteiger partial charge in [-0.1, -0.05) is 0 Å². The summed E-state index contributed by atoms with van der Waals surface area (Å²) in [6, 6.07) is -0.286. The maximum absolute atomic E-state index is 15.0. The van der Waals surface area contributed by atoms with Crippen LogP contribution in [0.2, 0.25) is 0 Å². The van der Waals surface area contributed by atoms with Gasteiger partial charge in [-0.15, -0.1) is 10.2 Å². The SMILES string of the molecule is COC(=O)C1Cc2c(c(F)c3nn(C4CN(C(=O)OC(C)(C)C)C4)nc3c2F)C1. The fourth-order valence-electron chi connectivity index (χ4n) is 3.73. The van der Waals surface area contributed by atoms with E-state index in [1.54, 1.807) is 20.8 Å². The smallest absolute Gasteiger partial charge is 0.410 e. The second-order valence-electron chi connectivity index (χ2n) is 8.47. The van der Waals surface area contributed by atoms with Crippen LogP contribution in [0.25, 0.3) is 11.0 Å². The highest BCUT2D eigenvalue weighted by Gasteiger charge is 2.38. The van der Waals surface area contributed by atoms with E-state index < -0.39 is 35.2 Å². The third-order valence-corrected chi connectivity index (χ3v) is 5.22. The number of carbonyl (C=O) groups is 2. The van der Waals surface area contributed by atoms with Gasteiger partial charge in [-0.05, 0) is 44.7 Å². The summed E-state index contributed by atoms with van der Waals surface area (Å²) in [6.45, 7) is 5.92. The van der Waals surface area contributed by atoms with Crippen molar-refractivity contribution in [3.63, 3.8) is 0 Å². The van der Waals surface area contributed by atoms with Gasteiger partial charge in [-0.25, -0.2) is 13.6 Å². The number of aromatic nitrogens is 3. The Balaban J connectivity index is 1.55. The number of hydrogen-bond acceptors (Lipinski definition) is 6. The molecule has 2 heterocycles. The molecule has 1 aromatic heterocycles. The summed E-state index contributed by atoms with van der Waals surface area (Å²) >= 11 is 0. The Hall–Kier alpha value is -2.78. The molecular formula is C19H22F2N4O4. The van der Waals surface area contributed by atoms with Crippen LogP contribution in [0.1, 0.15) is 37.9 Å². The number of amides is 1. The number of nitrogens with zero attached hydrogens (tertiary/aromatic N) is 4. The largest absolute Gasteiger partial charge is 0.469 e. The van der Waals surface area contributed by atoms with Gasteiger partial charge in [0.1, 0.15) is 11.6 Å². The number of hydrogen-bond donors (Lipinski definition) is 0. The number of ether oxygens (including phenoxy) is 2. The molecule has 0 atom stereocenters. The molecule has 0 N–H and O–H groups in total. The molecule has 1 fully saturated rings. The number of methoxy groups -OCH3 is 1. The van der Waals surface area contributed by atoms with Crippen molar-refractivity contribution < 1.29 is 27.8 Å². The quantitative estimate of drug-likeness (QED) is 0.710. The van der Waals surface area contributed by atoms with Crippen LogP contribution in [-0.2, 0) is 27.1 Å². The van der Waals surface area contributed by atoms with Gasteiger partial charge < -0.3 is 14.4 Å². The first-order chi connectivity index (χ1) is 13.6. The van der Waals surface area contributed by atoms with Gasteiger partial charge in [-0.3, -0.25) is 4.79 Å². The zero-order valence-electron chi connectivity index (χ0n) is 16.7. The zero-order valence-corrected chi connectivity index (χ0v) is 16.7. The first kappa shape index (κ1) is 19.5. The summed E-state index contributed by atoms with van der Waals surface area (Å²) in [7, 11) is 1.25. The van der Waals surface area contributed by atoms with Crippen molar-refractivity contribution in [1.29, 1.82) is 0 Å². The van der Waals surface area contributed by atoms with Crippen LogP contribution in [0.4, 0.5) is 13.6 Å². The van der Waals surface area contributed by atoms with Crippen LogP contribution in [0.5, 0.6) is 0 Å². The van der Waals surface area contributed by atoms with Gasteiger partial charge in [-0.2, -0.15) is 4.80 Å². The van der Waals surface area contributed by atoms with E-state index in [0.29, 0.717) is 13.1 Å². The summed E-state index contributed by atoms with van der Waals surface area (Å²) in [5, 5.41) is 8.25. The molecule has 29 heavy (non-hydrogen) atoms. The highest BCUT2D eigenvalue weighted by atomic mass is 19.1. The van der Waals surface area contributed by atoms with Crippen molar-refractivity contribution in [1.82, 2.24) is 19.9 Å². The van der Waals surface area contributed by atoms with Gasteiger partial charge in [0.25, 0.3) is 0 Å². The molecule has 10 heteroatoms. The van der Waals surface area contributed by atoms with E-state index in [4.69, 9.17) is 9.47 Å². The predicted molar refractivity (Wildman–Crippen MR) is 97.2 cm³/mol. The van der Waals surface area contributed by atoms with Crippen LogP contribution in [-0.4, -0.2) is 57.8 Å². The van der Waals surface area contributed by atoms with Crippen LogP contribution in [0.15, 0.2) is 0 Å². The molecule has 1 amide bonds. The topological polar surface area (TPSA) is 86.6 Å². The Morgan fingerprint density at radius 1 is 1.03 bits per heavy atom. The average molecular weight is 408 g/mol. The Kier molecular flexibility index (Phi) is 4.47. The summed E-state index contributed by atoms with van der Waals surface area (Å²) < 4.78 is 39.9. The molecule has 1 aromatic carbocycles. The van der Waals surface area contributed by atoms with Gasteiger partial charge in [0, 0.05) is 0 Å². The number of likely N-dealkylation sites (tertiary alicyclic amines) is 1. The zero-order chi connectivity index (χ0) is 21.1. The highest BCUT2D eigenvalue weighted by molar-refractivity contribution is 5.81. The molecule has 0 radical (unpaired) electrons. The van der Waals surface area contributed by atoms with Gasteiger partial charge in [0.2, 0.25) is 0 Å². The van der Waals surface area contributed by atoms with Gasteiger partial charge in [0.15, 0.2) is 22.7 Å². The summed E-state index contributed by atoms with van der Waals surface area (Å²) in [4.78, 5) is 26.5. The number of esters is 1. The molecule has 0 spiro atoms. The van der Waals surface area contributed by atoms with Crippen molar-refractivity contribution in [2.24, 2.45) is 5.92 Å². The molecule has 0 bridgehead atoms. The Bertz CT molecular complexity index is 959. The minimum absolute atomic E-state index is 0.0728. The second-order valence-corrected chi connectivity index (χ2v) is 8.47. The lowest BCUT2D eigenvalue weighted by atomic mass is 10.1. The number of fused-ring (bicyclic) bond motifs is 2. The lowest BCUT2D eigenvalue weighted by molar-refractivity contribution is -0.145. The van der Waals surface area contributed by atoms with Gasteiger partial charge >= 0.3 is 12.1 Å². The van der Waals surface area contributed by atoms with E-state index in [0.717, 1.165) is 0 Å². The minimum Gasteiger partial charge on any atom is -0.469 e. The fraction of sp³-hybridized carbons (Fsp3) is 0.579. The highest BCUT2D eigenvalue weighted by Crippen LogP contribution is 2.36. The van der Waals surface area contributed by atoms with Crippen molar-refractivity contribution in [3.8, 4) is 0 Å². The number of carbonyl (C=O) groups excluding carboxylic acids is 2. The molecule has 0 saturated carbocycles. The Morgan fingerprint density at radius 2 is 1.55 bits per heavy atom. The molecule has 1 aliphatic carbocycles. The number of halogens is 2. The fourth-order valence-corrected chi connectivity index (χ4v) is 3.73. The maximum Gasteiger partial charge on any atom is 0.410 e. The third kappa shape index (κ3) is 3.30. The average Bonchev–Trinajstić information content (AvgIpc) is 3.21. The van der Waals surface area contributed by atoms with E-state index in [1.807, 2.05) is 0 Å². The lowest BCUT2D eigenvalue weighted by Crippen LogP contribution is -2.52. The molecule has 0 unspecified atom stereocenters. The first-order valence-electron chi connectivity index (χ1n) is 9.40. The van der Waals surface area contributed by atoms with Crippen molar-refractivity contribution in [2.45, 2.75) is 45.3 Å².